The van der Waals surface area contributed by atoms with Crippen molar-refractivity contribution in [3.8, 4) is 5.75 Å². The van der Waals surface area contributed by atoms with E-state index in [4.69, 9.17) is 10.5 Å². The number of nitrogens with two attached hydrogens (primary N) is 1. The van der Waals surface area contributed by atoms with Crippen LogP contribution in [0, 0.1) is 11.7 Å². The number of ether oxygens (including phenoxy) is 1. The van der Waals surface area contributed by atoms with E-state index in [0.29, 0.717) is 11.3 Å². The number of halogens is 2. The first kappa shape index (κ1) is 21.1. The third-order valence-corrected chi connectivity index (χ3v) is 3.18. The van der Waals surface area contributed by atoms with Gasteiger partial charge in [-0.25, -0.2) is 4.39 Å². The molecule has 1 aromatic rings. The number of benzene rings is 1. The van der Waals surface area contributed by atoms with E-state index < -0.39 is 17.8 Å². The van der Waals surface area contributed by atoms with Crippen LogP contribution >= 0.6 is 12.4 Å². The number of rotatable bonds is 7. The minimum absolute atomic E-state index is 0. The average Bonchev–Trinajstić information content (AvgIpc) is 2.50. The normalized spacial score (nSPS) is 11.4. The van der Waals surface area contributed by atoms with Crippen LogP contribution in [-0.4, -0.2) is 31.5 Å². The monoisotopic (exact) mass is 347 g/mol. The summed E-state index contributed by atoms with van der Waals surface area (Å²) in [6.07, 6.45) is 0. The van der Waals surface area contributed by atoms with Crippen LogP contribution in [0.5, 0.6) is 5.75 Å². The lowest BCUT2D eigenvalue weighted by Crippen LogP contribution is -2.47. The van der Waals surface area contributed by atoms with Crippen LogP contribution in [0.3, 0.4) is 0 Å². The Morgan fingerprint density at radius 1 is 1.30 bits per heavy atom. The number of carbonyl (C=O) groups excluding carboxylic acids is 2. The van der Waals surface area contributed by atoms with Crippen LogP contribution in [0.2, 0.25) is 0 Å². The predicted octanol–water partition coefficient (Wildman–Crippen LogP) is 0.972. The Morgan fingerprint density at radius 3 is 2.48 bits per heavy atom. The minimum Gasteiger partial charge on any atom is -0.497 e. The topological polar surface area (TPSA) is 93.5 Å². The molecule has 0 aliphatic carbocycles. The van der Waals surface area contributed by atoms with E-state index in [1.165, 1.54) is 19.2 Å². The van der Waals surface area contributed by atoms with Gasteiger partial charge >= 0.3 is 0 Å². The van der Waals surface area contributed by atoms with Crippen molar-refractivity contribution in [1.29, 1.82) is 0 Å². The van der Waals surface area contributed by atoms with Gasteiger partial charge < -0.3 is 21.1 Å². The van der Waals surface area contributed by atoms with Crippen molar-refractivity contribution in [2.24, 2.45) is 11.7 Å². The molecule has 130 valence electrons. The van der Waals surface area contributed by atoms with Crippen LogP contribution in [0.4, 0.5) is 4.39 Å². The van der Waals surface area contributed by atoms with Gasteiger partial charge in [0.05, 0.1) is 19.7 Å². The lowest BCUT2D eigenvalue weighted by atomic mass is 10.1. The van der Waals surface area contributed by atoms with Gasteiger partial charge in [0.15, 0.2) is 0 Å². The average molecular weight is 348 g/mol. The van der Waals surface area contributed by atoms with Crippen molar-refractivity contribution in [2.45, 2.75) is 26.4 Å². The largest absolute Gasteiger partial charge is 0.497 e. The van der Waals surface area contributed by atoms with E-state index in [1.54, 1.807) is 6.07 Å². The zero-order valence-corrected chi connectivity index (χ0v) is 14.2. The number of methoxy groups -OCH3 is 1. The molecule has 0 fully saturated rings. The summed E-state index contributed by atoms with van der Waals surface area (Å²) in [5.41, 5.74) is 5.99. The quantitative estimate of drug-likeness (QED) is 0.685. The second-order valence-electron chi connectivity index (χ2n) is 5.22. The molecule has 0 aromatic heterocycles. The standard InChI is InChI=1S/C15H22FN3O3.ClH/c1-9(2)14(17)15(21)19-8-13(20)18-7-10-4-5-11(22-3)6-12(10)16;/h4-6,9,14H,7-8,17H2,1-3H3,(H,18,20)(H,19,21);1H/t14-;/m0./s1. The highest BCUT2D eigenvalue weighted by Gasteiger charge is 2.17. The molecule has 0 saturated carbocycles. The van der Waals surface area contributed by atoms with Gasteiger partial charge in [0, 0.05) is 18.2 Å². The van der Waals surface area contributed by atoms with Gasteiger partial charge in [-0.05, 0) is 12.0 Å². The molecular weight excluding hydrogens is 325 g/mol. The minimum atomic E-state index is -0.660. The summed E-state index contributed by atoms with van der Waals surface area (Å²) in [6.45, 7) is 3.46. The molecule has 6 nitrogen and oxygen atoms in total. The van der Waals surface area contributed by atoms with Crippen LogP contribution in [-0.2, 0) is 16.1 Å². The lowest BCUT2D eigenvalue weighted by Gasteiger charge is -2.15. The lowest BCUT2D eigenvalue weighted by molar-refractivity contribution is -0.127. The summed E-state index contributed by atoms with van der Waals surface area (Å²) >= 11 is 0. The highest BCUT2D eigenvalue weighted by molar-refractivity contribution is 5.87. The van der Waals surface area contributed by atoms with Crippen molar-refractivity contribution >= 4 is 24.2 Å². The predicted molar refractivity (Wildman–Crippen MR) is 87.9 cm³/mol. The molecule has 0 saturated heterocycles. The van der Waals surface area contributed by atoms with E-state index >= 15 is 0 Å². The first-order chi connectivity index (χ1) is 10.3. The Kier molecular flexibility index (Phi) is 9.21. The fourth-order valence-corrected chi connectivity index (χ4v) is 1.64. The van der Waals surface area contributed by atoms with Crippen molar-refractivity contribution in [3.63, 3.8) is 0 Å². The number of nitrogens with one attached hydrogen (secondary N) is 2. The van der Waals surface area contributed by atoms with Gasteiger partial charge in [0.2, 0.25) is 11.8 Å². The van der Waals surface area contributed by atoms with Gasteiger partial charge in [0.25, 0.3) is 0 Å². The number of hydrogen-bond donors (Lipinski definition) is 3. The summed E-state index contributed by atoms with van der Waals surface area (Å²) in [6, 6.07) is 3.72. The van der Waals surface area contributed by atoms with E-state index in [-0.39, 0.29) is 37.3 Å². The van der Waals surface area contributed by atoms with Crippen molar-refractivity contribution < 1.29 is 18.7 Å². The third kappa shape index (κ3) is 6.83. The van der Waals surface area contributed by atoms with Crippen LogP contribution in [0.25, 0.3) is 0 Å². The molecule has 4 N–H and O–H groups in total. The third-order valence-electron chi connectivity index (χ3n) is 3.18. The molecule has 0 aliphatic rings. The molecule has 0 bridgehead atoms. The highest BCUT2D eigenvalue weighted by atomic mass is 35.5. The van der Waals surface area contributed by atoms with E-state index in [9.17, 15) is 14.0 Å². The number of amides is 2. The highest BCUT2D eigenvalue weighted by Crippen LogP contribution is 2.15. The number of carbonyl (C=O) groups is 2. The van der Waals surface area contributed by atoms with Crippen molar-refractivity contribution in [3.05, 3.63) is 29.6 Å². The van der Waals surface area contributed by atoms with Crippen molar-refractivity contribution in [2.75, 3.05) is 13.7 Å². The molecule has 8 heteroatoms. The molecule has 1 rings (SSSR count). The van der Waals surface area contributed by atoms with Gasteiger partial charge in [-0.3, -0.25) is 9.59 Å². The molecule has 1 atom stereocenters. The molecule has 0 heterocycles. The Balaban J connectivity index is 0.00000484. The fourth-order valence-electron chi connectivity index (χ4n) is 1.64. The summed E-state index contributed by atoms with van der Waals surface area (Å²) in [5, 5.41) is 4.97. The second kappa shape index (κ2) is 10.0. The molecule has 0 unspecified atom stereocenters. The van der Waals surface area contributed by atoms with E-state index in [1.807, 2.05) is 13.8 Å². The van der Waals surface area contributed by atoms with Crippen LogP contribution in [0.15, 0.2) is 18.2 Å². The molecular formula is C15H23ClFN3O3. The van der Waals surface area contributed by atoms with Gasteiger partial charge in [-0.2, -0.15) is 0 Å². The van der Waals surface area contributed by atoms with Crippen molar-refractivity contribution in [1.82, 2.24) is 10.6 Å². The van der Waals surface area contributed by atoms with Gasteiger partial charge in [-0.1, -0.05) is 19.9 Å². The molecule has 2 amide bonds. The summed E-state index contributed by atoms with van der Waals surface area (Å²) in [4.78, 5) is 23.2. The first-order valence-corrected chi connectivity index (χ1v) is 6.97. The van der Waals surface area contributed by atoms with Crippen LogP contribution in [0.1, 0.15) is 19.4 Å². The van der Waals surface area contributed by atoms with Crippen LogP contribution < -0.4 is 21.1 Å². The SMILES string of the molecule is COc1ccc(CNC(=O)CNC(=O)[C@@H](N)C(C)C)c(F)c1.Cl. The molecule has 1 aromatic carbocycles. The maximum absolute atomic E-state index is 13.7. The summed E-state index contributed by atoms with van der Waals surface area (Å²) in [5.74, 6) is -0.884. The Bertz CT molecular complexity index is 541. The molecule has 0 radical (unpaired) electrons. The first-order valence-electron chi connectivity index (χ1n) is 6.97. The maximum atomic E-state index is 13.7. The molecule has 0 aliphatic heterocycles. The fraction of sp³-hybridized carbons (Fsp3) is 0.467. The second-order valence-corrected chi connectivity index (χ2v) is 5.22. The van der Waals surface area contributed by atoms with E-state index in [2.05, 4.69) is 10.6 Å². The smallest absolute Gasteiger partial charge is 0.239 e. The van der Waals surface area contributed by atoms with E-state index in [0.717, 1.165) is 0 Å². The molecule has 0 spiro atoms. The summed E-state index contributed by atoms with van der Waals surface area (Å²) in [7, 11) is 1.45. The summed E-state index contributed by atoms with van der Waals surface area (Å²) < 4.78 is 18.6. The zero-order valence-electron chi connectivity index (χ0n) is 13.4. The Labute approximate surface area is 141 Å². The van der Waals surface area contributed by atoms with Gasteiger partial charge in [-0.15, -0.1) is 12.4 Å². The maximum Gasteiger partial charge on any atom is 0.239 e. The number of hydrogen-bond acceptors (Lipinski definition) is 4. The van der Waals surface area contributed by atoms with Gasteiger partial charge in [0.1, 0.15) is 11.6 Å². The zero-order chi connectivity index (χ0) is 16.7. The molecule has 23 heavy (non-hydrogen) atoms. The Morgan fingerprint density at radius 2 is 1.96 bits per heavy atom. The Hall–Kier alpha value is -1.86.